The van der Waals surface area contributed by atoms with Crippen LogP contribution in [0.2, 0.25) is 0 Å². The van der Waals surface area contributed by atoms with E-state index in [9.17, 15) is 5.11 Å². The SMILES string of the molecule is CCCN(CC1CC1)c1nc(C)nc(C(O)(c2c(OC)cc(OC)cc2OC)C(C)C)c1C. The van der Waals surface area contributed by atoms with E-state index in [1.165, 1.54) is 12.8 Å². The van der Waals surface area contributed by atoms with Gasteiger partial charge in [0.05, 0.1) is 32.6 Å². The second-order valence-electron chi connectivity index (χ2n) is 9.29. The number of nitrogens with zero attached hydrogens (tertiary/aromatic N) is 3. The molecule has 1 fully saturated rings. The van der Waals surface area contributed by atoms with Crippen molar-refractivity contribution in [1.29, 1.82) is 0 Å². The summed E-state index contributed by atoms with van der Waals surface area (Å²) < 4.78 is 16.9. The zero-order valence-electron chi connectivity index (χ0n) is 21.4. The van der Waals surface area contributed by atoms with Crippen molar-refractivity contribution in [2.24, 2.45) is 11.8 Å². The molecule has 1 unspecified atom stereocenters. The first-order valence-corrected chi connectivity index (χ1v) is 11.8. The number of aliphatic hydroxyl groups is 1. The van der Waals surface area contributed by atoms with Gasteiger partial charge in [-0.3, -0.25) is 0 Å². The second-order valence-corrected chi connectivity index (χ2v) is 9.29. The van der Waals surface area contributed by atoms with Gasteiger partial charge in [-0.25, -0.2) is 9.97 Å². The fraction of sp³-hybridized carbons (Fsp3) is 0.615. The Labute approximate surface area is 198 Å². The van der Waals surface area contributed by atoms with Crippen LogP contribution in [0.5, 0.6) is 17.2 Å². The Hall–Kier alpha value is -2.54. The van der Waals surface area contributed by atoms with Gasteiger partial charge >= 0.3 is 0 Å². The lowest BCUT2D eigenvalue weighted by atomic mass is 9.77. The number of rotatable bonds is 11. The Kier molecular flexibility index (Phi) is 7.73. The third kappa shape index (κ3) is 4.88. The molecule has 1 aliphatic carbocycles. The molecule has 33 heavy (non-hydrogen) atoms. The smallest absolute Gasteiger partial charge is 0.141 e. The van der Waals surface area contributed by atoms with Gasteiger partial charge in [0.1, 0.15) is 34.5 Å². The van der Waals surface area contributed by atoms with E-state index in [0.717, 1.165) is 36.8 Å². The molecule has 0 amide bonds. The van der Waals surface area contributed by atoms with Crippen LogP contribution in [-0.4, -0.2) is 49.5 Å². The molecule has 1 aromatic heterocycles. The number of hydrogen-bond donors (Lipinski definition) is 1. The van der Waals surface area contributed by atoms with E-state index in [-0.39, 0.29) is 5.92 Å². The number of aryl methyl sites for hydroxylation is 1. The van der Waals surface area contributed by atoms with E-state index in [0.29, 0.717) is 34.3 Å². The highest BCUT2D eigenvalue weighted by Gasteiger charge is 2.44. The molecule has 1 aliphatic rings. The van der Waals surface area contributed by atoms with Crippen molar-refractivity contribution in [1.82, 2.24) is 9.97 Å². The lowest BCUT2D eigenvalue weighted by molar-refractivity contribution is 0.0220. The van der Waals surface area contributed by atoms with E-state index in [1.54, 1.807) is 33.5 Å². The van der Waals surface area contributed by atoms with Crippen LogP contribution in [0.15, 0.2) is 12.1 Å². The third-order valence-electron chi connectivity index (χ3n) is 6.49. The molecule has 7 heteroatoms. The molecule has 3 rings (SSSR count). The van der Waals surface area contributed by atoms with Crippen molar-refractivity contribution in [3.05, 3.63) is 34.8 Å². The number of anilines is 1. The maximum absolute atomic E-state index is 12.4. The molecule has 0 spiro atoms. The summed E-state index contributed by atoms with van der Waals surface area (Å²) in [6, 6.07) is 3.54. The predicted octanol–water partition coefficient (Wildman–Crippen LogP) is 4.64. The number of methoxy groups -OCH3 is 3. The summed E-state index contributed by atoms with van der Waals surface area (Å²) in [5, 5.41) is 12.4. The summed E-state index contributed by atoms with van der Waals surface area (Å²) in [6.07, 6.45) is 3.57. The van der Waals surface area contributed by atoms with Crippen LogP contribution in [0.4, 0.5) is 5.82 Å². The summed E-state index contributed by atoms with van der Waals surface area (Å²) in [6.45, 7) is 11.9. The van der Waals surface area contributed by atoms with Crippen molar-refractivity contribution >= 4 is 5.82 Å². The Balaban J connectivity index is 2.27. The zero-order chi connectivity index (χ0) is 24.3. The minimum atomic E-state index is -1.47. The molecule has 1 aromatic carbocycles. The van der Waals surface area contributed by atoms with Crippen LogP contribution in [0, 0.1) is 25.7 Å². The van der Waals surface area contributed by atoms with Crippen LogP contribution in [-0.2, 0) is 5.60 Å². The molecular formula is C26H39N3O4. The molecule has 0 saturated heterocycles. The van der Waals surface area contributed by atoms with Crippen LogP contribution < -0.4 is 19.1 Å². The van der Waals surface area contributed by atoms with Gasteiger partial charge in [0.25, 0.3) is 0 Å². The van der Waals surface area contributed by atoms with Gasteiger partial charge in [-0.2, -0.15) is 0 Å². The Morgan fingerprint density at radius 3 is 2.12 bits per heavy atom. The predicted molar refractivity (Wildman–Crippen MR) is 131 cm³/mol. The van der Waals surface area contributed by atoms with Crippen molar-refractivity contribution in [3.8, 4) is 17.2 Å². The highest BCUT2D eigenvalue weighted by atomic mass is 16.5. The van der Waals surface area contributed by atoms with Crippen LogP contribution in [0.1, 0.15) is 62.7 Å². The summed E-state index contributed by atoms with van der Waals surface area (Å²) >= 11 is 0. The van der Waals surface area contributed by atoms with E-state index in [4.69, 9.17) is 24.2 Å². The van der Waals surface area contributed by atoms with E-state index < -0.39 is 5.60 Å². The standard InChI is InChI=1S/C26H39N3O4/c1-9-12-29(15-19-10-11-19)25-17(4)24(27-18(5)28-25)26(30,16(2)3)23-21(32-7)13-20(31-6)14-22(23)33-8/h13-14,16,19,30H,9-12,15H2,1-8H3. The van der Waals surface area contributed by atoms with Crippen molar-refractivity contribution < 1.29 is 19.3 Å². The minimum Gasteiger partial charge on any atom is -0.496 e. The van der Waals surface area contributed by atoms with Gasteiger partial charge in [-0.15, -0.1) is 0 Å². The fourth-order valence-corrected chi connectivity index (χ4v) is 4.52. The van der Waals surface area contributed by atoms with Crippen molar-refractivity contribution in [3.63, 3.8) is 0 Å². The maximum Gasteiger partial charge on any atom is 0.141 e. The van der Waals surface area contributed by atoms with Gasteiger partial charge < -0.3 is 24.2 Å². The average Bonchev–Trinajstić information content (AvgIpc) is 3.62. The lowest BCUT2D eigenvalue weighted by Gasteiger charge is -2.37. The minimum absolute atomic E-state index is 0.224. The summed E-state index contributed by atoms with van der Waals surface area (Å²) in [4.78, 5) is 12.0. The first-order valence-electron chi connectivity index (χ1n) is 11.8. The largest absolute Gasteiger partial charge is 0.496 e. The highest BCUT2D eigenvalue weighted by Crippen LogP contribution is 2.49. The average molecular weight is 458 g/mol. The van der Waals surface area contributed by atoms with Gasteiger partial charge in [-0.1, -0.05) is 20.8 Å². The molecule has 182 valence electrons. The summed E-state index contributed by atoms with van der Waals surface area (Å²) in [5.74, 6) is 3.60. The Bertz CT molecular complexity index is 949. The molecular weight excluding hydrogens is 418 g/mol. The summed E-state index contributed by atoms with van der Waals surface area (Å²) in [5.41, 5.74) is 0.539. The van der Waals surface area contributed by atoms with Crippen molar-refractivity contribution in [2.45, 2.75) is 59.5 Å². The first-order chi connectivity index (χ1) is 15.7. The number of aromatic nitrogens is 2. The molecule has 1 N–H and O–H groups in total. The Morgan fingerprint density at radius 2 is 1.67 bits per heavy atom. The molecule has 0 radical (unpaired) electrons. The van der Waals surface area contributed by atoms with Crippen molar-refractivity contribution in [2.75, 3.05) is 39.3 Å². The monoisotopic (exact) mass is 457 g/mol. The maximum atomic E-state index is 12.4. The van der Waals surface area contributed by atoms with E-state index in [2.05, 4.69) is 11.8 Å². The van der Waals surface area contributed by atoms with Crippen LogP contribution >= 0.6 is 0 Å². The molecule has 7 nitrogen and oxygen atoms in total. The van der Waals surface area contributed by atoms with Crippen LogP contribution in [0.3, 0.4) is 0 Å². The Morgan fingerprint density at radius 1 is 1.06 bits per heavy atom. The molecule has 2 aromatic rings. The van der Waals surface area contributed by atoms with Gasteiger partial charge in [0, 0.05) is 30.8 Å². The van der Waals surface area contributed by atoms with Gasteiger partial charge in [0.2, 0.25) is 0 Å². The third-order valence-corrected chi connectivity index (χ3v) is 6.49. The quantitative estimate of drug-likeness (QED) is 0.527. The topological polar surface area (TPSA) is 76.9 Å². The lowest BCUT2D eigenvalue weighted by Crippen LogP contribution is -2.38. The van der Waals surface area contributed by atoms with Gasteiger partial charge in [0.15, 0.2) is 0 Å². The summed E-state index contributed by atoms with van der Waals surface area (Å²) in [7, 11) is 4.76. The molecule has 0 aliphatic heterocycles. The molecule has 1 saturated carbocycles. The highest BCUT2D eigenvalue weighted by molar-refractivity contribution is 5.59. The molecule has 0 bridgehead atoms. The van der Waals surface area contributed by atoms with Crippen LogP contribution in [0.25, 0.3) is 0 Å². The number of ether oxygens (including phenoxy) is 3. The number of benzene rings is 1. The zero-order valence-corrected chi connectivity index (χ0v) is 21.4. The number of hydrogen-bond acceptors (Lipinski definition) is 7. The molecule has 1 atom stereocenters. The first kappa shape index (κ1) is 25.1. The van der Waals surface area contributed by atoms with Gasteiger partial charge in [-0.05, 0) is 44.9 Å². The fourth-order valence-electron chi connectivity index (χ4n) is 4.52. The van der Waals surface area contributed by atoms with E-state index in [1.807, 2.05) is 27.7 Å². The normalized spacial score (nSPS) is 15.3. The second kappa shape index (κ2) is 10.2. The van der Waals surface area contributed by atoms with E-state index >= 15 is 0 Å². The molecule has 1 heterocycles.